The van der Waals surface area contributed by atoms with Crippen molar-refractivity contribution in [3.05, 3.63) is 83.9 Å². The van der Waals surface area contributed by atoms with E-state index in [0.29, 0.717) is 13.2 Å². The van der Waals surface area contributed by atoms with Crippen molar-refractivity contribution in [1.82, 2.24) is 4.57 Å². The van der Waals surface area contributed by atoms with E-state index < -0.39 is 18.0 Å². The molecule has 27 heavy (non-hydrogen) atoms. The van der Waals surface area contributed by atoms with Crippen LogP contribution in [0.3, 0.4) is 0 Å². The lowest BCUT2D eigenvalue weighted by Gasteiger charge is -2.24. The van der Waals surface area contributed by atoms with E-state index in [0.717, 1.165) is 17.3 Å². The Kier molecular flexibility index (Phi) is 4.39. The molecule has 4 rings (SSSR count). The molecule has 1 atom stereocenters. The molecule has 1 fully saturated rings. The molecule has 0 bridgehead atoms. The number of ether oxygens (including phenoxy) is 1. The van der Waals surface area contributed by atoms with Crippen molar-refractivity contribution in [3.63, 3.8) is 0 Å². The molecule has 140 valence electrons. The third-order valence-corrected chi connectivity index (χ3v) is 4.54. The lowest BCUT2D eigenvalue weighted by Crippen LogP contribution is -2.23. The molecule has 1 aromatic heterocycles. The van der Waals surface area contributed by atoms with Crippen LogP contribution in [0.25, 0.3) is 5.69 Å². The van der Waals surface area contributed by atoms with Crippen LogP contribution in [0.15, 0.2) is 67.0 Å². The van der Waals surface area contributed by atoms with Gasteiger partial charge in [-0.1, -0.05) is 12.1 Å². The van der Waals surface area contributed by atoms with Crippen LogP contribution in [0.5, 0.6) is 0 Å². The average molecular weight is 376 g/mol. The fraction of sp³-hybridized carbons (Fsp3) is 0.200. The molecule has 3 aromatic rings. The van der Waals surface area contributed by atoms with Crippen molar-refractivity contribution in [2.75, 3.05) is 18.1 Å². The smallest absolute Gasteiger partial charge is 0.352 e. The molecule has 1 aliphatic heterocycles. The second kappa shape index (κ2) is 6.74. The van der Waals surface area contributed by atoms with Gasteiger partial charge in [0.05, 0.1) is 17.9 Å². The van der Waals surface area contributed by atoms with Gasteiger partial charge in [-0.2, -0.15) is 13.2 Å². The predicted octanol–water partition coefficient (Wildman–Crippen LogP) is 5.17. The van der Waals surface area contributed by atoms with Crippen LogP contribution in [0.1, 0.15) is 17.4 Å². The average Bonchev–Trinajstić information content (AvgIpc) is 3.31. The summed E-state index contributed by atoms with van der Waals surface area (Å²) in [6.07, 6.45) is -1.65. The third kappa shape index (κ3) is 3.42. The minimum absolute atomic E-state index is 0.0579. The highest BCUT2D eigenvalue weighted by molar-refractivity contribution is 5.50. The Balaban J connectivity index is 1.66. The Labute approximate surface area is 153 Å². The molecule has 0 saturated carbocycles. The first-order valence-corrected chi connectivity index (χ1v) is 8.42. The molecule has 3 nitrogen and oxygen atoms in total. The van der Waals surface area contributed by atoms with E-state index in [4.69, 9.17) is 4.74 Å². The molecular weight excluding hydrogens is 360 g/mol. The van der Waals surface area contributed by atoms with Crippen molar-refractivity contribution >= 4 is 5.69 Å². The van der Waals surface area contributed by atoms with Gasteiger partial charge in [-0.15, -0.1) is 0 Å². The Morgan fingerprint density at radius 3 is 2.44 bits per heavy atom. The molecule has 0 N–H and O–H groups in total. The topological polar surface area (TPSA) is 17.4 Å². The molecule has 0 aliphatic carbocycles. The molecule has 2 aromatic carbocycles. The van der Waals surface area contributed by atoms with Crippen LogP contribution in [0.4, 0.5) is 23.2 Å². The summed E-state index contributed by atoms with van der Waals surface area (Å²) in [7, 11) is 0. The van der Waals surface area contributed by atoms with E-state index in [1.807, 2.05) is 4.90 Å². The molecule has 1 saturated heterocycles. The van der Waals surface area contributed by atoms with Gasteiger partial charge in [0.2, 0.25) is 0 Å². The Morgan fingerprint density at radius 2 is 1.70 bits per heavy atom. The van der Waals surface area contributed by atoms with E-state index >= 15 is 0 Å². The second-order valence-corrected chi connectivity index (χ2v) is 6.26. The summed E-state index contributed by atoms with van der Waals surface area (Å²) in [5, 5.41) is 0. The van der Waals surface area contributed by atoms with Crippen molar-refractivity contribution in [1.29, 1.82) is 0 Å². The van der Waals surface area contributed by atoms with Crippen LogP contribution < -0.4 is 4.90 Å². The highest BCUT2D eigenvalue weighted by atomic mass is 19.4. The normalized spacial score (nSPS) is 17.5. The first kappa shape index (κ1) is 17.6. The van der Waals surface area contributed by atoms with Crippen molar-refractivity contribution < 1.29 is 22.3 Å². The highest BCUT2D eigenvalue weighted by Crippen LogP contribution is 2.36. The van der Waals surface area contributed by atoms with Gasteiger partial charge in [0.1, 0.15) is 5.82 Å². The van der Waals surface area contributed by atoms with E-state index in [-0.39, 0.29) is 11.5 Å². The number of hydrogen-bond acceptors (Lipinski definition) is 2. The lowest BCUT2D eigenvalue weighted by atomic mass is 10.1. The zero-order valence-corrected chi connectivity index (χ0v) is 14.2. The number of aromatic nitrogens is 1. The van der Waals surface area contributed by atoms with Gasteiger partial charge < -0.3 is 14.2 Å². The maximum absolute atomic E-state index is 13.3. The van der Waals surface area contributed by atoms with Gasteiger partial charge in [-0.25, -0.2) is 4.39 Å². The number of para-hydroxylation sites is 1. The van der Waals surface area contributed by atoms with E-state index in [9.17, 15) is 17.6 Å². The summed E-state index contributed by atoms with van der Waals surface area (Å²) in [5.74, 6) is -0.328. The Morgan fingerprint density at radius 1 is 0.963 bits per heavy atom. The lowest BCUT2D eigenvalue weighted by molar-refractivity contribution is -0.137. The van der Waals surface area contributed by atoms with Crippen LogP contribution >= 0.6 is 0 Å². The Bertz CT molecular complexity index is 934. The fourth-order valence-corrected chi connectivity index (χ4v) is 3.29. The highest BCUT2D eigenvalue weighted by Gasteiger charge is 2.34. The van der Waals surface area contributed by atoms with Crippen LogP contribution in [0, 0.1) is 5.82 Å². The van der Waals surface area contributed by atoms with Crippen molar-refractivity contribution in [2.45, 2.75) is 12.4 Å². The van der Waals surface area contributed by atoms with Gasteiger partial charge >= 0.3 is 6.18 Å². The number of alkyl halides is 3. The van der Waals surface area contributed by atoms with Crippen LogP contribution in [-0.2, 0) is 10.9 Å². The zero-order chi connectivity index (χ0) is 19.0. The number of benzene rings is 2. The molecule has 0 amide bonds. The van der Waals surface area contributed by atoms with Gasteiger partial charge in [0.25, 0.3) is 0 Å². The summed E-state index contributed by atoms with van der Waals surface area (Å²) in [6, 6.07) is 13.2. The predicted molar refractivity (Wildman–Crippen MR) is 93.2 cm³/mol. The van der Waals surface area contributed by atoms with Crippen LogP contribution in [0.2, 0.25) is 0 Å². The monoisotopic (exact) mass is 376 g/mol. The minimum Gasteiger partial charge on any atom is -0.352 e. The third-order valence-electron chi connectivity index (χ3n) is 4.54. The summed E-state index contributed by atoms with van der Waals surface area (Å²) in [5.41, 5.74) is 0.883. The molecule has 0 spiro atoms. The second-order valence-electron chi connectivity index (χ2n) is 6.26. The quantitative estimate of drug-likeness (QED) is 0.587. The number of rotatable bonds is 3. The first-order chi connectivity index (χ1) is 12.9. The largest absolute Gasteiger partial charge is 0.418 e. The fourth-order valence-electron chi connectivity index (χ4n) is 3.29. The number of anilines is 1. The molecule has 2 heterocycles. The molecule has 1 aliphatic rings. The van der Waals surface area contributed by atoms with E-state index in [1.54, 1.807) is 36.7 Å². The summed E-state index contributed by atoms with van der Waals surface area (Å²) in [6.45, 7) is 1.09. The van der Waals surface area contributed by atoms with Crippen molar-refractivity contribution in [3.8, 4) is 5.69 Å². The SMILES string of the molecule is Fc1ccc(N2CCO[C@H]2c2ccn(-c3ccccc3C(F)(F)F)c2)cc1. The number of hydrogen-bond donors (Lipinski definition) is 0. The van der Waals surface area contributed by atoms with E-state index in [2.05, 4.69) is 0 Å². The minimum atomic E-state index is -4.44. The molecule has 0 radical (unpaired) electrons. The van der Waals surface area contributed by atoms with Gasteiger partial charge in [0.15, 0.2) is 6.23 Å². The van der Waals surface area contributed by atoms with Gasteiger partial charge in [-0.05, 0) is 42.5 Å². The first-order valence-electron chi connectivity index (χ1n) is 8.42. The van der Waals surface area contributed by atoms with Crippen LogP contribution in [-0.4, -0.2) is 17.7 Å². The Hall–Kier alpha value is -2.80. The maximum atomic E-state index is 13.3. The number of nitrogens with zero attached hydrogens (tertiary/aromatic N) is 2. The standard InChI is InChI=1S/C20H16F4N2O/c21-15-5-7-16(8-6-15)26-11-12-27-19(26)14-9-10-25(13-14)18-4-2-1-3-17(18)20(22,23)24/h1-10,13,19H,11-12H2/t19-/m0/s1. The summed E-state index contributed by atoms with van der Waals surface area (Å²) < 4.78 is 60.2. The zero-order valence-electron chi connectivity index (χ0n) is 14.2. The van der Waals surface area contributed by atoms with Gasteiger partial charge in [0, 0.05) is 30.2 Å². The number of halogens is 4. The van der Waals surface area contributed by atoms with Gasteiger partial charge in [-0.3, -0.25) is 0 Å². The molecule has 7 heteroatoms. The molecular formula is C20H16F4N2O. The summed E-state index contributed by atoms with van der Waals surface area (Å²) >= 11 is 0. The van der Waals surface area contributed by atoms with Crippen molar-refractivity contribution in [2.24, 2.45) is 0 Å². The summed E-state index contributed by atoms with van der Waals surface area (Å²) in [4.78, 5) is 1.95. The van der Waals surface area contributed by atoms with E-state index in [1.165, 1.54) is 28.8 Å². The molecule has 0 unspecified atom stereocenters. The maximum Gasteiger partial charge on any atom is 0.418 e.